The van der Waals surface area contributed by atoms with Gasteiger partial charge >= 0.3 is 0 Å². The van der Waals surface area contributed by atoms with Gasteiger partial charge in [-0.15, -0.1) is 0 Å². The molecular weight excluding hydrogens is 216 g/mol. The number of carbonyl (C=O) groups excluding carboxylic acids is 1. The van der Waals surface area contributed by atoms with Crippen molar-refractivity contribution < 1.29 is 9.22 Å². The van der Waals surface area contributed by atoms with Crippen LogP contribution in [-0.2, 0) is 9.22 Å². The summed E-state index contributed by atoms with van der Waals surface area (Å²) >= 11 is 0. The van der Waals surface area contributed by atoms with E-state index >= 15 is 0 Å². The number of hydrogen-bond acceptors (Lipinski definition) is 2. The van der Waals surface area contributed by atoms with Crippen LogP contribution in [0.3, 0.4) is 0 Å². The molecule has 82 valence electrons. The van der Waals surface area contributed by atoms with Crippen molar-refractivity contribution in [3.63, 3.8) is 0 Å². The number of benzene rings is 2. The summed E-state index contributed by atoms with van der Waals surface area (Å²) in [5, 5.41) is 3.66. The summed E-state index contributed by atoms with van der Waals surface area (Å²) in [6.07, 6.45) is 0. The van der Waals surface area contributed by atoms with Crippen molar-refractivity contribution in [3.05, 3.63) is 42.0 Å². The Labute approximate surface area is 97.2 Å². The van der Waals surface area contributed by atoms with Crippen molar-refractivity contribution in [1.82, 2.24) is 0 Å². The molecular formula is C13H14O2Si. The second-order valence-electron chi connectivity index (χ2n) is 3.86. The van der Waals surface area contributed by atoms with Gasteiger partial charge in [-0.05, 0) is 28.4 Å². The van der Waals surface area contributed by atoms with E-state index in [1.807, 2.05) is 12.1 Å². The van der Waals surface area contributed by atoms with Crippen molar-refractivity contribution in [1.29, 1.82) is 0 Å². The Balaban J connectivity index is 2.48. The smallest absolute Gasteiger partial charge is 0.289 e. The number of hydrogen-bond donors (Lipinski definition) is 0. The third kappa shape index (κ3) is 2.14. The standard InChI is InChI=1S/C13H14O2Si/c1-9-7-8-11-5-3-4-6-12(11)13(9)16-15-10(2)14/h3-8H,16H2,1-2H3. The van der Waals surface area contributed by atoms with E-state index in [0.29, 0.717) is 0 Å². The van der Waals surface area contributed by atoms with Gasteiger partial charge in [-0.25, -0.2) is 0 Å². The molecule has 0 saturated heterocycles. The molecule has 0 unspecified atom stereocenters. The van der Waals surface area contributed by atoms with Crippen LogP contribution in [0.1, 0.15) is 12.5 Å². The molecule has 2 aromatic rings. The van der Waals surface area contributed by atoms with Crippen molar-refractivity contribution in [2.24, 2.45) is 0 Å². The molecule has 3 heteroatoms. The monoisotopic (exact) mass is 230 g/mol. The minimum Gasteiger partial charge on any atom is -0.521 e. The summed E-state index contributed by atoms with van der Waals surface area (Å²) in [5.41, 5.74) is 1.21. The average Bonchev–Trinajstić information content (AvgIpc) is 2.27. The van der Waals surface area contributed by atoms with E-state index in [0.717, 1.165) is 0 Å². The van der Waals surface area contributed by atoms with Crippen molar-refractivity contribution in [2.75, 3.05) is 0 Å². The van der Waals surface area contributed by atoms with Crippen LogP contribution >= 0.6 is 0 Å². The molecule has 2 nitrogen and oxygen atoms in total. The highest BCUT2D eigenvalue weighted by Gasteiger charge is 2.06. The predicted octanol–water partition coefficient (Wildman–Crippen LogP) is 1.42. The maximum atomic E-state index is 10.9. The molecule has 0 N–H and O–H groups in total. The van der Waals surface area contributed by atoms with Gasteiger partial charge in [-0.1, -0.05) is 36.4 Å². The summed E-state index contributed by atoms with van der Waals surface area (Å²) in [5.74, 6) is -0.181. The van der Waals surface area contributed by atoms with E-state index in [4.69, 9.17) is 4.43 Å². The summed E-state index contributed by atoms with van der Waals surface area (Å²) in [4.78, 5) is 10.9. The molecule has 0 fully saturated rings. The molecule has 16 heavy (non-hydrogen) atoms. The third-order valence-electron chi connectivity index (χ3n) is 2.69. The number of rotatable bonds is 2. The van der Waals surface area contributed by atoms with Gasteiger partial charge in [0.25, 0.3) is 15.7 Å². The first-order valence-electron chi connectivity index (χ1n) is 5.29. The largest absolute Gasteiger partial charge is 0.521 e. The van der Waals surface area contributed by atoms with Crippen LogP contribution in [0.2, 0.25) is 0 Å². The Hall–Kier alpha value is -1.61. The second kappa shape index (κ2) is 4.49. The highest BCUT2D eigenvalue weighted by Crippen LogP contribution is 2.12. The fraction of sp³-hybridized carbons (Fsp3) is 0.154. The zero-order valence-corrected chi connectivity index (χ0v) is 10.9. The maximum Gasteiger partial charge on any atom is 0.289 e. The summed E-state index contributed by atoms with van der Waals surface area (Å²) in [6.45, 7) is 3.53. The van der Waals surface area contributed by atoms with E-state index in [9.17, 15) is 4.79 Å². The Morgan fingerprint density at radius 1 is 1.19 bits per heavy atom. The van der Waals surface area contributed by atoms with E-state index < -0.39 is 9.76 Å². The summed E-state index contributed by atoms with van der Waals surface area (Å²) in [7, 11) is -0.959. The first kappa shape index (κ1) is 10.9. The first-order chi connectivity index (χ1) is 7.68. The lowest BCUT2D eigenvalue weighted by atomic mass is 10.1. The summed E-state index contributed by atoms with van der Waals surface area (Å²) in [6, 6.07) is 12.4. The van der Waals surface area contributed by atoms with Crippen LogP contribution in [0.4, 0.5) is 0 Å². The Bertz CT molecular complexity index is 534. The maximum absolute atomic E-state index is 10.9. The highest BCUT2D eigenvalue weighted by molar-refractivity contribution is 6.53. The van der Waals surface area contributed by atoms with Crippen molar-refractivity contribution >= 4 is 31.7 Å². The molecule has 0 heterocycles. The van der Waals surface area contributed by atoms with Crippen LogP contribution in [0.15, 0.2) is 36.4 Å². The lowest BCUT2D eigenvalue weighted by Crippen LogP contribution is -2.23. The fourth-order valence-corrected chi connectivity index (χ4v) is 2.98. The topological polar surface area (TPSA) is 26.3 Å². The fourth-order valence-electron chi connectivity index (χ4n) is 1.81. The Morgan fingerprint density at radius 3 is 2.69 bits per heavy atom. The van der Waals surface area contributed by atoms with Gasteiger partial charge in [0.05, 0.1) is 0 Å². The molecule has 0 bridgehead atoms. The third-order valence-corrected chi connectivity index (χ3v) is 4.47. The minimum absolute atomic E-state index is 0.181. The van der Waals surface area contributed by atoms with Crippen LogP contribution in [0.5, 0.6) is 0 Å². The molecule has 0 radical (unpaired) electrons. The predicted molar refractivity (Wildman–Crippen MR) is 68.6 cm³/mol. The van der Waals surface area contributed by atoms with Gasteiger partial charge in [-0.3, -0.25) is 4.79 Å². The van der Waals surface area contributed by atoms with Gasteiger partial charge in [0.15, 0.2) is 0 Å². The molecule has 0 aliphatic heterocycles. The molecule has 0 aliphatic rings. The molecule has 0 aromatic heterocycles. The molecule has 0 aliphatic carbocycles. The highest BCUT2D eigenvalue weighted by atomic mass is 28.2. The lowest BCUT2D eigenvalue weighted by molar-refractivity contribution is -0.131. The zero-order valence-electron chi connectivity index (χ0n) is 9.49. The van der Waals surface area contributed by atoms with Gasteiger partial charge in [-0.2, -0.15) is 0 Å². The lowest BCUT2D eigenvalue weighted by Gasteiger charge is -2.09. The zero-order chi connectivity index (χ0) is 11.5. The quantitative estimate of drug-likeness (QED) is 0.729. The van der Waals surface area contributed by atoms with Crippen LogP contribution in [-0.4, -0.2) is 15.7 Å². The van der Waals surface area contributed by atoms with Gasteiger partial charge in [0, 0.05) is 6.92 Å². The van der Waals surface area contributed by atoms with E-state index in [1.54, 1.807) is 0 Å². The first-order valence-corrected chi connectivity index (χ1v) is 6.57. The molecule has 0 spiro atoms. The molecule has 0 saturated carbocycles. The Kier molecular flexibility index (Phi) is 3.06. The van der Waals surface area contributed by atoms with Gasteiger partial charge in [0.2, 0.25) is 0 Å². The molecule has 2 rings (SSSR count). The van der Waals surface area contributed by atoms with Crippen molar-refractivity contribution in [3.8, 4) is 0 Å². The average molecular weight is 230 g/mol. The van der Waals surface area contributed by atoms with Crippen LogP contribution < -0.4 is 5.19 Å². The minimum atomic E-state index is -0.959. The van der Waals surface area contributed by atoms with Crippen LogP contribution in [0, 0.1) is 6.92 Å². The van der Waals surface area contributed by atoms with E-state index in [2.05, 4.69) is 31.2 Å². The SMILES string of the molecule is CC(=O)O[SiH2]c1c(C)ccc2ccccc12. The molecule has 2 aromatic carbocycles. The number of aryl methyl sites for hydroxylation is 1. The molecule has 0 amide bonds. The summed E-state index contributed by atoms with van der Waals surface area (Å²) < 4.78 is 5.22. The van der Waals surface area contributed by atoms with Gasteiger partial charge < -0.3 is 4.43 Å². The molecule has 0 atom stereocenters. The van der Waals surface area contributed by atoms with Crippen molar-refractivity contribution in [2.45, 2.75) is 13.8 Å². The number of fused-ring (bicyclic) bond motifs is 1. The van der Waals surface area contributed by atoms with Gasteiger partial charge in [0.1, 0.15) is 0 Å². The normalized spacial score (nSPS) is 11.1. The van der Waals surface area contributed by atoms with Crippen LogP contribution in [0.25, 0.3) is 10.8 Å². The Morgan fingerprint density at radius 2 is 1.94 bits per heavy atom. The van der Waals surface area contributed by atoms with E-state index in [1.165, 1.54) is 28.4 Å². The van der Waals surface area contributed by atoms with E-state index in [-0.39, 0.29) is 5.97 Å². The second-order valence-corrected chi connectivity index (χ2v) is 5.15. The number of carbonyl (C=O) groups is 1.